The average molecular weight is 384 g/mol. The second-order valence-corrected chi connectivity index (χ2v) is 10.5. The Kier molecular flexibility index (Phi) is 3.98. The van der Waals surface area contributed by atoms with Crippen molar-refractivity contribution in [2.24, 2.45) is 0 Å². The van der Waals surface area contributed by atoms with E-state index < -0.39 is 5.97 Å². The molecule has 1 aliphatic carbocycles. The van der Waals surface area contributed by atoms with Crippen molar-refractivity contribution < 1.29 is 9.90 Å². The molecule has 3 aromatic rings. The molecule has 1 aromatic heterocycles. The third-order valence-corrected chi connectivity index (χ3v) is 9.50. The molecule has 0 bridgehead atoms. The van der Waals surface area contributed by atoms with Crippen LogP contribution in [0.4, 0.5) is 0 Å². The van der Waals surface area contributed by atoms with Gasteiger partial charge < -0.3 is 9.67 Å². The highest BCUT2D eigenvalue weighted by atomic mass is 32.2. The van der Waals surface area contributed by atoms with Crippen LogP contribution in [0.3, 0.4) is 0 Å². The van der Waals surface area contributed by atoms with E-state index in [0.29, 0.717) is 15.7 Å². The molecular weight excluding hydrogens is 362 g/mol. The van der Waals surface area contributed by atoms with Crippen molar-refractivity contribution in [2.45, 2.75) is 35.8 Å². The van der Waals surface area contributed by atoms with Gasteiger partial charge in [-0.05, 0) is 43.9 Å². The third kappa shape index (κ3) is 2.55. The Labute approximate surface area is 161 Å². The number of fused-ring (bicyclic) bond motifs is 3. The fourth-order valence-electron chi connectivity index (χ4n) is 4.61. The fourth-order valence-corrected chi connectivity index (χ4v) is 7.91. The molecule has 2 fully saturated rings. The first-order valence-corrected chi connectivity index (χ1v) is 11.2. The van der Waals surface area contributed by atoms with Crippen LogP contribution < -0.4 is 0 Å². The molecule has 26 heavy (non-hydrogen) atoms. The van der Waals surface area contributed by atoms with E-state index in [1.54, 1.807) is 6.07 Å². The van der Waals surface area contributed by atoms with Gasteiger partial charge in [-0.25, -0.2) is 4.79 Å². The highest BCUT2D eigenvalue weighted by molar-refractivity contribution is 8.21. The summed E-state index contributed by atoms with van der Waals surface area (Å²) in [6.45, 7) is 0. The number of rotatable bonds is 2. The van der Waals surface area contributed by atoms with Gasteiger partial charge in [-0.1, -0.05) is 24.3 Å². The number of hydrogen-bond donors (Lipinski definition) is 1. The first-order valence-electron chi connectivity index (χ1n) is 9.21. The van der Waals surface area contributed by atoms with Gasteiger partial charge in [-0.2, -0.15) is 0 Å². The number of carboxylic acids is 1. The SMILES string of the molecule is O=C(O)c1ccc2c3ccccc3n(C3CCC4(CC3)SCCS4)c2c1. The summed E-state index contributed by atoms with van der Waals surface area (Å²) in [7, 11) is 0. The maximum absolute atomic E-state index is 11.5. The molecule has 2 aliphatic rings. The van der Waals surface area contributed by atoms with E-state index in [2.05, 4.69) is 52.4 Å². The molecule has 0 atom stereocenters. The van der Waals surface area contributed by atoms with Gasteiger partial charge in [-0.3, -0.25) is 0 Å². The van der Waals surface area contributed by atoms with Gasteiger partial charge in [0.25, 0.3) is 0 Å². The highest BCUT2D eigenvalue weighted by Gasteiger charge is 2.40. The molecule has 2 heterocycles. The van der Waals surface area contributed by atoms with Gasteiger partial charge in [0.1, 0.15) is 0 Å². The van der Waals surface area contributed by atoms with Crippen LogP contribution in [0.1, 0.15) is 42.1 Å². The number of aromatic carboxylic acids is 1. The number of para-hydroxylation sites is 1. The smallest absolute Gasteiger partial charge is 0.335 e. The van der Waals surface area contributed by atoms with Crippen LogP contribution >= 0.6 is 23.5 Å². The summed E-state index contributed by atoms with van der Waals surface area (Å²) in [5.41, 5.74) is 2.67. The molecule has 2 aromatic carbocycles. The van der Waals surface area contributed by atoms with E-state index in [-0.39, 0.29) is 0 Å². The van der Waals surface area contributed by atoms with Crippen molar-refractivity contribution in [3.05, 3.63) is 48.0 Å². The van der Waals surface area contributed by atoms with Crippen molar-refractivity contribution in [2.75, 3.05) is 11.5 Å². The van der Waals surface area contributed by atoms with Gasteiger partial charge >= 0.3 is 5.97 Å². The summed E-state index contributed by atoms with van der Waals surface area (Å²) in [4.78, 5) is 11.5. The first kappa shape index (κ1) is 16.6. The van der Waals surface area contributed by atoms with Crippen molar-refractivity contribution in [1.82, 2.24) is 4.57 Å². The second-order valence-electron chi connectivity index (χ2n) is 7.26. The Hall–Kier alpha value is -1.59. The maximum atomic E-state index is 11.5. The standard InChI is InChI=1S/C21H21NO2S2/c23-20(24)14-5-6-17-16-3-1-2-4-18(16)22(19(17)13-14)15-7-9-21(10-8-15)25-11-12-26-21/h1-6,13,15H,7-12H2,(H,23,24). The minimum Gasteiger partial charge on any atom is -0.478 e. The molecule has 0 unspecified atom stereocenters. The van der Waals surface area contributed by atoms with Crippen LogP contribution in [-0.2, 0) is 0 Å². The lowest BCUT2D eigenvalue weighted by molar-refractivity contribution is 0.0697. The van der Waals surface area contributed by atoms with Crippen molar-refractivity contribution >= 4 is 51.3 Å². The maximum Gasteiger partial charge on any atom is 0.335 e. The zero-order valence-corrected chi connectivity index (χ0v) is 16.1. The largest absolute Gasteiger partial charge is 0.478 e. The summed E-state index contributed by atoms with van der Waals surface area (Å²) in [5.74, 6) is 1.71. The number of aromatic nitrogens is 1. The molecular formula is C21H21NO2S2. The van der Waals surface area contributed by atoms with E-state index >= 15 is 0 Å². The van der Waals surface area contributed by atoms with Gasteiger partial charge in [0.2, 0.25) is 0 Å². The number of benzene rings is 2. The Morgan fingerprint density at radius 2 is 1.69 bits per heavy atom. The van der Waals surface area contributed by atoms with E-state index in [1.165, 1.54) is 48.1 Å². The van der Waals surface area contributed by atoms with Gasteiger partial charge in [-0.15, -0.1) is 23.5 Å². The van der Waals surface area contributed by atoms with Crippen LogP contribution in [-0.4, -0.2) is 31.2 Å². The normalized spacial score (nSPS) is 20.3. The predicted octanol–water partition coefficient (Wildman–Crippen LogP) is 5.78. The van der Waals surface area contributed by atoms with Gasteiger partial charge in [0.15, 0.2) is 0 Å². The summed E-state index contributed by atoms with van der Waals surface area (Å²) in [6, 6.07) is 14.5. The lowest BCUT2D eigenvalue weighted by Crippen LogP contribution is -2.27. The van der Waals surface area contributed by atoms with Crippen molar-refractivity contribution in [3.63, 3.8) is 0 Å². The molecule has 0 radical (unpaired) electrons. The zero-order valence-electron chi connectivity index (χ0n) is 14.5. The predicted molar refractivity (Wildman–Crippen MR) is 112 cm³/mol. The molecule has 5 heteroatoms. The monoisotopic (exact) mass is 383 g/mol. The quantitative estimate of drug-likeness (QED) is 0.609. The van der Waals surface area contributed by atoms with Gasteiger partial charge in [0.05, 0.1) is 15.2 Å². The lowest BCUT2D eigenvalue weighted by Gasteiger charge is -2.37. The number of thioether (sulfide) groups is 2. The molecule has 134 valence electrons. The van der Waals surface area contributed by atoms with E-state index in [0.717, 1.165) is 10.9 Å². The Bertz CT molecular complexity index is 994. The van der Waals surface area contributed by atoms with Crippen LogP contribution in [0, 0.1) is 0 Å². The van der Waals surface area contributed by atoms with Crippen LogP contribution in [0.25, 0.3) is 21.8 Å². The molecule has 1 saturated heterocycles. The Morgan fingerprint density at radius 3 is 2.42 bits per heavy atom. The molecule has 3 nitrogen and oxygen atoms in total. The number of carbonyl (C=O) groups is 1. The third-order valence-electron chi connectivity index (χ3n) is 5.85. The van der Waals surface area contributed by atoms with Crippen LogP contribution in [0.2, 0.25) is 0 Å². The Balaban J connectivity index is 1.63. The lowest BCUT2D eigenvalue weighted by atomic mass is 9.94. The molecule has 0 amide bonds. The van der Waals surface area contributed by atoms with Crippen LogP contribution in [0.15, 0.2) is 42.5 Å². The van der Waals surface area contributed by atoms with E-state index in [1.807, 2.05) is 12.1 Å². The van der Waals surface area contributed by atoms with E-state index in [4.69, 9.17) is 0 Å². The van der Waals surface area contributed by atoms with Crippen molar-refractivity contribution in [3.8, 4) is 0 Å². The summed E-state index contributed by atoms with van der Waals surface area (Å²) < 4.78 is 2.87. The first-order chi connectivity index (χ1) is 12.7. The summed E-state index contributed by atoms with van der Waals surface area (Å²) >= 11 is 4.31. The topological polar surface area (TPSA) is 42.2 Å². The fraction of sp³-hybridized carbons (Fsp3) is 0.381. The summed E-state index contributed by atoms with van der Waals surface area (Å²) in [6.07, 6.45) is 4.84. The number of carboxylic acid groups (broad SMARTS) is 1. The molecule has 1 N–H and O–H groups in total. The van der Waals surface area contributed by atoms with E-state index in [9.17, 15) is 9.90 Å². The number of nitrogens with zero attached hydrogens (tertiary/aromatic N) is 1. The minimum absolute atomic E-state index is 0.371. The minimum atomic E-state index is -0.856. The average Bonchev–Trinajstić information content (AvgIpc) is 3.25. The zero-order chi connectivity index (χ0) is 17.7. The Morgan fingerprint density at radius 1 is 1.00 bits per heavy atom. The highest BCUT2D eigenvalue weighted by Crippen LogP contribution is 2.55. The van der Waals surface area contributed by atoms with Crippen molar-refractivity contribution in [1.29, 1.82) is 0 Å². The number of hydrogen-bond acceptors (Lipinski definition) is 3. The molecule has 1 aliphatic heterocycles. The molecule has 5 rings (SSSR count). The molecule has 1 spiro atoms. The van der Waals surface area contributed by atoms with Crippen LogP contribution in [0.5, 0.6) is 0 Å². The summed E-state index contributed by atoms with van der Waals surface area (Å²) in [5, 5.41) is 11.8. The van der Waals surface area contributed by atoms with Gasteiger partial charge in [0, 0.05) is 33.8 Å². The molecule has 1 saturated carbocycles. The second kappa shape index (κ2) is 6.24.